The van der Waals surface area contributed by atoms with Gasteiger partial charge in [0, 0.05) is 24.7 Å². The summed E-state index contributed by atoms with van der Waals surface area (Å²) in [6, 6.07) is 7.52. The third-order valence-corrected chi connectivity index (χ3v) is 4.54. The molecule has 2 aromatic rings. The van der Waals surface area contributed by atoms with Crippen molar-refractivity contribution in [2.75, 3.05) is 20.3 Å². The molecule has 0 spiro atoms. The summed E-state index contributed by atoms with van der Waals surface area (Å²) < 4.78 is 7.54. The van der Waals surface area contributed by atoms with Crippen LogP contribution in [-0.2, 0) is 11.8 Å². The lowest BCUT2D eigenvalue weighted by Crippen LogP contribution is -2.51. The van der Waals surface area contributed by atoms with Crippen LogP contribution in [-0.4, -0.2) is 47.0 Å². The number of nitrogens with zero attached hydrogens (tertiary/aromatic N) is 3. The van der Waals surface area contributed by atoms with Crippen LogP contribution >= 0.6 is 0 Å². The van der Waals surface area contributed by atoms with Gasteiger partial charge in [-0.1, -0.05) is 18.2 Å². The van der Waals surface area contributed by atoms with Crippen LogP contribution in [0, 0.1) is 0 Å². The number of hydrogen-bond donors (Lipinski definition) is 0. The summed E-state index contributed by atoms with van der Waals surface area (Å²) >= 11 is 0. The summed E-state index contributed by atoms with van der Waals surface area (Å²) in [5, 5.41) is 5.71. The van der Waals surface area contributed by atoms with Crippen LogP contribution in [0.5, 0.6) is 0 Å². The number of aromatic nitrogens is 2. The third kappa shape index (κ3) is 1.87. The molecular formula is C16H19N3O. The maximum Gasteiger partial charge on any atom is 0.0929 e. The molecule has 2 aliphatic rings. The largest absolute Gasteiger partial charge is 0.378 e. The van der Waals surface area contributed by atoms with Gasteiger partial charge >= 0.3 is 0 Å². The molecule has 0 radical (unpaired) electrons. The number of fused-ring (bicyclic) bond motifs is 3. The van der Waals surface area contributed by atoms with Crippen molar-refractivity contribution in [3.05, 3.63) is 36.0 Å². The monoisotopic (exact) mass is 269 g/mol. The molecule has 1 aromatic carbocycles. The first kappa shape index (κ1) is 12.1. The molecular weight excluding hydrogens is 250 g/mol. The minimum absolute atomic E-state index is 0.414. The molecule has 4 nitrogen and oxygen atoms in total. The van der Waals surface area contributed by atoms with E-state index in [0.717, 1.165) is 25.2 Å². The van der Waals surface area contributed by atoms with E-state index in [-0.39, 0.29) is 0 Å². The zero-order valence-electron chi connectivity index (χ0n) is 11.9. The van der Waals surface area contributed by atoms with Crippen molar-refractivity contribution < 1.29 is 4.74 Å². The molecule has 2 bridgehead atoms. The highest BCUT2D eigenvalue weighted by Crippen LogP contribution is 2.32. The number of benzene rings is 1. The van der Waals surface area contributed by atoms with Gasteiger partial charge in [-0.25, -0.2) is 0 Å². The van der Waals surface area contributed by atoms with E-state index in [2.05, 4.69) is 47.5 Å². The highest BCUT2D eigenvalue weighted by atomic mass is 16.5. The van der Waals surface area contributed by atoms with E-state index in [9.17, 15) is 0 Å². The lowest BCUT2D eigenvalue weighted by Gasteiger charge is -2.42. The van der Waals surface area contributed by atoms with Gasteiger partial charge in [0.25, 0.3) is 0 Å². The van der Waals surface area contributed by atoms with E-state index in [1.54, 1.807) is 0 Å². The fourth-order valence-electron chi connectivity index (χ4n) is 3.31. The van der Waals surface area contributed by atoms with Crippen LogP contribution in [0.3, 0.4) is 0 Å². The minimum Gasteiger partial charge on any atom is -0.378 e. The lowest BCUT2D eigenvalue weighted by molar-refractivity contribution is -0.0221. The SMILES string of the molecule is CN1C2C=C(c3ccc4cn(C)nc4c3)CC1COC2. The summed E-state index contributed by atoms with van der Waals surface area (Å²) in [6.45, 7) is 1.65. The van der Waals surface area contributed by atoms with Crippen molar-refractivity contribution in [3.63, 3.8) is 0 Å². The van der Waals surface area contributed by atoms with Crippen LogP contribution in [0.4, 0.5) is 0 Å². The standard InChI is InChI=1S/C16H19N3O/c1-18-8-12-4-3-11(7-16(12)17-18)13-5-14-9-20-10-15(6-13)19(14)2/h3-5,7-8,14-15H,6,9-10H2,1-2H3. The Morgan fingerprint density at radius 1 is 1.25 bits per heavy atom. The number of ether oxygens (including phenoxy) is 1. The zero-order chi connectivity index (χ0) is 13.7. The van der Waals surface area contributed by atoms with Crippen molar-refractivity contribution in [2.45, 2.75) is 18.5 Å². The molecule has 0 aliphatic carbocycles. The molecule has 1 saturated heterocycles. The lowest BCUT2D eigenvalue weighted by atomic mass is 9.90. The Labute approximate surface area is 118 Å². The number of likely N-dealkylation sites (N-methyl/N-ethyl adjacent to an activating group) is 1. The molecule has 0 N–H and O–H groups in total. The molecule has 1 fully saturated rings. The quantitative estimate of drug-likeness (QED) is 0.794. The van der Waals surface area contributed by atoms with Gasteiger partial charge in [0.1, 0.15) is 0 Å². The second-order valence-electron chi connectivity index (χ2n) is 5.90. The van der Waals surface area contributed by atoms with Crippen molar-refractivity contribution in [2.24, 2.45) is 7.05 Å². The van der Waals surface area contributed by atoms with Gasteiger partial charge in [0.15, 0.2) is 0 Å². The minimum atomic E-state index is 0.414. The molecule has 1 aromatic heterocycles. The molecule has 4 heteroatoms. The molecule has 2 atom stereocenters. The second kappa shape index (κ2) is 4.43. The van der Waals surface area contributed by atoms with Gasteiger partial charge in [-0.15, -0.1) is 0 Å². The Balaban J connectivity index is 1.75. The molecule has 2 unspecified atom stereocenters. The Kier molecular flexibility index (Phi) is 2.69. The van der Waals surface area contributed by atoms with Crippen molar-refractivity contribution in [1.82, 2.24) is 14.7 Å². The Hall–Kier alpha value is -1.65. The molecule has 2 aliphatic heterocycles. The van der Waals surface area contributed by atoms with E-state index in [1.165, 1.54) is 16.5 Å². The number of aryl methyl sites for hydroxylation is 1. The highest BCUT2D eigenvalue weighted by Gasteiger charge is 2.32. The normalized spacial score (nSPS) is 26.8. The van der Waals surface area contributed by atoms with Gasteiger partial charge in [-0.2, -0.15) is 5.10 Å². The molecule has 4 rings (SSSR count). The van der Waals surface area contributed by atoms with Gasteiger partial charge in [-0.3, -0.25) is 9.58 Å². The van der Waals surface area contributed by atoms with Gasteiger partial charge in [0.05, 0.1) is 24.8 Å². The maximum absolute atomic E-state index is 5.66. The summed E-state index contributed by atoms with van der Waals surface area (Å²) in [7, 11) is 4.17. The number of morpholine rings is 1. The van der Waals surface area contributed by atoms with E-state index in [0.29, 0.717) is 12.1 Å². The Morgan fingerprint density at radius 2 is 2.15 bits per heavy atom. The first-order valence-corrected chi connectivity index (χ1v) is 7.15. The van der Waals surface area contributed by atoms with Crippen LogP contribution in [0.15, 0.2) is 30.5 Å². The van der Waals surface area contributed by atoms with Gasteiger partial charge in [0.2, 0.25) is 0 Å². The van der Waals surface area contributed by atoms with E-state index in [1.807, 2.05) is 11.7 Å². The third-order valence-electron chi connectivity index (χ3n) is 4.54. The number of rotatable bonds is 1. The first-order chi connectivity index (χ1) is 9.70. The highest BCUT2D eigenvalue weighted by molar-refractivity contribution is 5.83. The predicted octanol–water partition coefficient (Wildman–Crippen LogP) is 2.06. The fourth-order valence-corrected chi connectivity index (χ4v) is 3.31. The fraction of sp³-hybridized carbons (Fsp3) is 0.438. The molecule has 104 valence electrons. The summed E-state index contributed by atoms with van der Waals surface area (Å²) in [6.07, 6.45) is 5.48. The first-order valence-electron chi connectivity index (χ1n) is 7.15. The van der Waals surface area contributed by atoms with Crippen molar-refractivity contribution in [1.29, 1.82) is 0 Å². The van der Waals surface area contributed by atoms with E-state index >= 15 is 0 Å². The molecule has 20 heavy (non-hydrogen) atoms. The smallest absolute Gasteiger partial charge is 0.0929 e. The Bertz CT molecular complexity index is 688. The van der Waals surface area contributed by atoms with Gasteiger partial charge < -0.3 is 4.74 Å². The molecule has 0 amide bonds. The summed E-state index contributed by atoms with van der Waals surface area (Å²) in [5.41, 5.74) is 3.82. The number of hydrogen-bond acceptors (Lipinski definition) is 3. The van der Waals surface area contributed by atoms with Crippen LogP contribution in [0.2, 0.25) is 0 Å². The van der Waals surface area contributed by atoms with E-state index < -0.39 is 0 Å². The maximum atomic E-state index is 5.66. The molecule has 3 heterocycles. The summed E-state index contributed by atoms with van der Waals surface area (Å²) in [5.74, 6) is 0. The second-order valence-corrected chi connectivity index (χ2v) is 5.90. The zero-order valence-corrected chi connectivity index (χ0v) is 11.9. The van der Waals surface area contributed by atoms with Crippen molar-refractivity contribution in [3.8, 4) is 0 Å². The van der Waals surface area contributed by atoms with E-state index in [4.69, 9.17) is 4.74 Å². The molecule has 0 saturated carbocycles. The predicted molar refractivity (Wildman–Crippen MR) is 79.5 cm³/mol. The van der Waals surface area contributed by atoms with Crippen LogP contribution in [0.25, 0.3) is 16.5 Å². The van der Waals surface area contributed by atoms with Crippen LogP contribution < -0.4 is 0 Å². The average Bonchev–Trinajstić information content (AvgIpc) is 2.77. The summed E-state index contributed by atoms with van der Waals surface area (Å²) in [4.78, 5) is 2.44. The van der Waals surface area contributed by atoms with Gasteiger partial charge in [-0.05, 0) is 30.7 Å². The average molecular weight is 269 g/mol. The topological polar surface area (TPSA) is 30.3 Å². The Morgan fingerprint density at radius 3 is 3.00 bits per heavy atom. The van der Waals surface area contributed by atoms with Crippen molar-refractivity contribution >= 4 is 16.5 Å². The van der Waals surface area contributed by atoms with Crippen LogP contribution in [0.1, 0.15) is 12.0 Å².